The van der Waals surface area contributed by atoms with Crippen molar-refractivity contribution in [2.75, 3.05) is 20.1 Å². The van der Waals surface area contributed by atoms with E-state index in [1.807, 2.05) is 0 Å². The molecule has 0 atom stereocenters. The highest BCUT2D eigenvalue weighted by atomic mass is 32.2. The summed E-state index contributed by atoms with van der Waals surface area (Å²) in [4.78, 5) is 18.3. The average molecular weight is 509 g/mol. The number of rotatable bonds is 4. The van der Waals surface area contributed by atoms with Crippen molar-refractivity contribution < 1.29 is 31.5 Å². The molecule has 0 unspecified atom stereocenters. The van der Waals surface area contributed by atoms with Crippen molar-refractivity contribution in [2.45, 2.75) is 30.0 Å². The Labute approximate surface area is 200 Å². The van der Waals surface area contributed by atoms with Crippen LogP contribution in [0.25, 0.3) is 11.3 Å². The van der Waals surface area contributed by atoms with Gasteiger partial charge in [-0.05, 0) is 55.3 Å². The van der Waals surface area contributed by atoms with Crippen LogP contribution in [-0.4, -0.2) is 64.5 Å². The third-order valence-electron chi connectivity index (χ3n) is 6.04. The van der Waals surface area contributed by atoms with E-state index < -0.39 is 26.7 Å². The number of hydrogen-bond donors (Lipinski definition) is 1. The number of sulfonamides is 1. The average Bonchev–Trinajstić information content (AvgIpc) is 3.33. The third-order valence-corrected chi connectivity index (χ3v) is 7.93. The Bertz CT molecular complexity index is 1320. The summed E-state index contributed by atoms with van der Waals surface area (Å²) in [6.45, 7) is 0.146. The summed E-state index contributed by atoms with van der Waals surface area (Å²) >= 11 is 0. The molecule has 186 valence electrons. The molecule has 1 aliphatic heterocycles. The molecule has 2 heterocycles. The van der Waals surface area contributed by atoms with E-state index in [9.17, 15) is 31.5 Å². The number of alkyl halides is 3. The molecule has 1 fully saturated rings. The second-order valence-electron chi connectivity index (χ2n) is 8.27. The first-order chi connectivity index (χ1) is 16.5. The molecule has 4 rings (SSSR count). The van der Waals surface area contributed by atoms with Gasteiger partial charge in [0.15, 0.2) is 0 Å². The van der Waals surface area contributed by atoms with Crippen LogP contribution in [0.4, 0.5) is 18.0 Å². The number of carbonyl (C=O) groups excluding carboxylic acids is 1. The van der Waals surface area contributed by atoms with Gasteiger partial charge in [0.25, 0.3) is 0 Å². The molecular formula is C23H23F3N4O4S. The molecule has 0 saturated carbocycles. The van der Waals surface area contributed by atoms with Crippen molar-refractivity contribution in [3.05, 3.63) is 66.6 Å². The second-order valence-corrected chi connectivity index (χ2v) is 10.2. The van der Waals surface area contributed by atoms with Gasteiger partial charge in [-0.25, -0.2) is 18.2 Å². The maximum Gasteiger partial charge on any atom is 0.416 e. The Balaban J connectivity index is 1.41. The van der Waals surface area contributed by atoms with Crippen molar-refractivity contribution in [2.24, 2.45) is 0 Å². The summed E-state index contributed by atoms with van der Waals surface area (Å²) in [5.74, 6) is 0.116. The van der Waals surface area contributed by atoms with Gasteiger partial charge in [0.2, 0.25) is 10.0 Å². The first-order valence-corrected chi connectivity index (χ1v) is 12.2. The second kappa shape index (κ2) is 9.34. The van der Waals surface area contributed by atoms with Gasteiger partial charge in [-0.2, -0.15) is 17.5 Å². The number of phenolic OH excluding ortho intramolecular Hbond substituents is 1. The number of hydrogen-bond acceptors (Lipinski definition) is 5. The number of imidazole rings is 1. The van der Waals surface area contributed by atoms with Crippen LogP contribution >= 0.6 is 0 Å². The predicted molar refractivity (Wildman–Crippen MR) is 121 cm³/mol. The zero-order valence-corrected chi connectivity index (χ0v) is 19.5. The molecule has 0 aliphatic carbocycles. The Morgan fingerprint density at radius 2 is 1.77 bits per heavy atom. The number of amides is 1. The smallest absolute Gasteiger partial charge is 0.416 e. The Morgan fingerprint density at radius 1 is 1.11 bits per heavy atom. The van der Waals surface area contributed by atoms with Crippen LogP contribution in [0.15, 0.2) is 66.0 Å². The quantitative estimate of drug-likeness (QED) is 0.574. The van der Waals surface area contributed by atoms with Crippen LogP contribution in [0.3, 0.4) is 0 Å². The molecule has 1 N–H and O–H groups in total. The zero-order chi connectivity index (χ0) is 25.4. The number of aromatic nitrogens is 2. The van der Waals surface area contributed by atoms with Gasteiger partial charge >= 0.3 is 12.2 Å². The number of phenols is 1. The topological polar surface area (TPSA) is 95.7 Å². The normalized spacial score (nSPS) is 15.8. The highest BCUT2D eigenvalue weighted by molar-refractivity contribution is 7.89. The first-order valence-electron chi connectivity index (χ1n) is 10.7. The minimum Gasteiger partial charge on any atom is -0.508 e. The molecule has 0 bridgehead atoms. The van der Waals surface area contributed by atoms with Crippen molar-refractivity contribution in [3.63, 3.8) is 0 Å². The number of piperidine rings is 1. The molecule has 3 aromatic rings. The third kappa shape index (κ3) is 5.17. The number of nitrogens with zero attached hydrogens (tertiary/aromatic N) is 4. The maximum atomic E-state index is 13.0. The lowest BCUT2D eigenvalue weighted by Crippen LogP contribution is -2.48. The van der Waals surface area contributed by atoms with E-state index in [0.29, 0.717) is 24.6 Å². The lowest BCUT2D eigenvalue weighted by atomic mass is 10.1. The fourth-order valence-corrected chi connectivity index (χ4v) is 5.51. The molecule has 0 spiro atoms. The van der Waals surface area contributed by atoms with Crippen molar-refractivity contribution in [3.8, 4) is 17.0 Å². The van der Waals surface area contributed by atoms with E-state index in [2.05, 4.69) is 4.98 Å². The fourth-order valence-electron chi connectivity index (χ4n) is 4.00. The van der Waals surface area contributed by atoms with Crippen molar-refractivity contribution in [1.82, 2.24) is 18.8 Å². The molecule has 2 aromatic carbocycles. The minimum absolute atomic E-state index is 0.0730. The van der Waals surface area contributed by atoms with Crippen LogP contribution in [0.1, 0.15) is 18.4 Å². The van der Waals surface area contributed by atoms with E-state index >= 15 is 0 Å². The van der Waals surface area contributed by atoms with Crippen molar-refractivity contribution >= 4 is 16.1 Å². The summed E-state index contributed by atoms with van der Waals surface area (Å²) in [5.41, 5.74) is 0.254. The van der Waals surface area contributed by atoms with Gasteiger partial charge in [-0.1, -0.05) is 6.07 Å². The molecule has 1 amide bonds. The molecule has 35 heavy (non-hydrogen) atoms. The van der Waals surface area contributed by atoms with Crippen LogP contribution < -0.4 is 0 Å². The van der Waals surface area contributed by atoms with Crippen molar-refractivity contribution in [1.29, 1.82) is 0 Å². The highest BCUT2D eigenvalue weighted by Crippen LogP contribution is 2.32. The maximum absolute atomic E-state index is 13.0. The Hall–Kier alpha value is -3.38. The standard InChI is InChI=1S/C23H23F3N4O4S/c1-28(22(32)29-14-21(27-15-29)16-5-7-19(31)8-6-16)18-9-11-30(12-10-18)35(33,34)20-4-2-3-17(13-20)23(24,25)26/h2-8,13-15,18,31H,9-12H2,1H3. The first kappa shape index (κ1) is 24.7. The monoisotopic (exact) mass is 508 g/mol. The largest absolute Gasteiger partial charge is 0.508 e. The Kier molecular flexibility index (Phi) is 6.60. The number of halogens is 3. The molecule has 1 aromatic heterocycles. The summed E-state index contributed by atoms with van der Waals surface area (Å²) in [6.07, 6.45) is -1.02. The lowest BCUT2D eigenvalue weighted by molar-refractivity contribution is -0.137. The van der Waals surface area contributed by atoms with Gasteiger partial charge < -0.3 is 10.0 Å². The molecule has 1 aliphatic rings. The van der Waals surface area contributed by atoms with E-state index in [4.69, 9.17) is 0 Å². The molecule has 0 radical (unpaired) electrons. The number of aromatic hydroxyl groups is 1. The van der Waals surface area contributed by atoms with Crippen LogP contribution in [0.2, 0.25) is 0 Å². The van der Waals surface area contributed by atoms with Gasteiger partial charge in [-0.15, -0.1) is 0 Å². The minimum atomic E-state index is -4.64. The molecular weight excluding hydrogens is 485 g/mol. The molecule has 8 nitrogen and oxygen atoms in total. The van der Waals surface area contributed by atoms with E-state index in [0.717, 1.165) is 28.1 Å². The molecule has 1 saturated heterocycles. The molecule has 12 heteroatoms. The summed E-state index contributed by atoms with van der Waals surface area (Å²) in [7, 11) is -2.48. The number of carbonyl (C=O) groups is 1. The van der Waals surface area contributed by atoms with Gasteiger partial charge in [-0.3, -0.25) is 4.57 Å². The van der Waals surface area contributed by atoms with Gasteiger partial charge in [0.1, 0.15) is 12.1 Å². The number of benzene rings is 2. The van der Waals surface area contributed by atoms with Crippen LogP contribution in [-0.2, 0) is 16.2 Å². The van der Waals surface area contributed by atoms with Crippen LogP contribution in [0.5, 0.6) is 5.75 Å². The zero-order valence-electron chi connectivity index (χ0n) is 18.7. The summed E-state index contributed by atoms with van der Waals surface area (Å²) in [5, 5.41) is 9.42. The predicted octanol–water partition coefficient (Wildman–Crippen LogP) is 4.03. The fraction of sp³-hybridized carbons (Fsp3) is 0.304. The van der Waals surface area contributed by atoms with Gasteiger partial charge in [0.05, 0.1) is 16.2 Å². The highest BCUT2D eigenvalue weighted by Gasteiger charge is 2.35. The Morgan fingerprint density at radius 3 is 2.40 bits per heavy atom. The SMILES string of the molecule is CN(C(=O)n1cnc(-c2ccc(O)cc2)c1)C1CCN(S(=O)(=O)c2cccc(C(F)(F)F)c2)CC1. The lowest BCUT2D eigenvalue weighted by Gasteiger charge is -2.36. The van der Waals surface area contributed by atoms with E-state index in [-0.39, 0.29) is 30.9 Å². The van der Waals surface area contributed by atoms with Gasteiger partial charge in [0, 0.05) is 37.9 Å². The summed E-state index contributed by atoms with van der Waals surface area (Å²) in [6, 6.07) is 9.48. The van der Waals surface area contributed by atoms with E-state index in [1.165, 1.54) is 27.9 Å². The van der Waals surface area contributed by atoms with Crippen LogP contribution in [0, 0.1) is 0 Å². The van der Waals surface area contributed by atoms with E-state index in [1.54, 1.807) is 25.4 Å². The summed E-state index contributed by atoms with van der Waals surface area (Å²) < 4.78 is 67.3.